The van der Waals surface area contributed by atoms with Crippen LogP contribution in [0.1, 0.15) is 53.9 Å². The van der Waals surface area contributed by atoms with E-state index in [4.69, 9.17) is 9.31 Å². The predicted molar refractivity (Wildman–Crippen MR) is 76.8 cm³/mol. The Balaban J connectivity index is 1.56. The van der Waals surface area contributed by atoms with Crippen molar-refractivity contribution >= 4 is 7.12 Å². The van der Waals surface area contributed by atoms with Crippen LogP contribution in [0.3, 0.4) is 0 Å². The van der Waals surface area contributed by atoms with Gasteiger partial charge in [-0.05, 0) is 49.8 Å². The first-order chi connectivity index (χ1) is 8.88. The van der Waals surface area contributed by atoms with Crippen LogP contribution < -0.4 is 0 Å². The largest absolute Gasteiger partial charge is 0.460 e. The molecule has 6 aliphatic rings. The highest BCUT2D eigenvalue weighted by Gasteiger charge is 2.82. The van der Waals surface area contributed by atoms with Crippen LogP contribution in [-0.2, 0) is 9.31 Å². The first kappa shape index (κ1) is 12.7. The molecule has 1 saturated heterocycles. The Bertz CT molecular complexity index is 406. The van der Waals surface area contributed by atoms with Gasteiger partial charge in [-0.25, -0.2) is 0 Å². The van der Waals surface area contributed by atoms with Crippen LogP contribution in [0.15, 0.2) is 0 Å². The van der Waals surface area contributed by atoms with E-state index in [1.807, 2.05) is 0 Å². The van der Waals surface area contributed by atoms with Gasteiger partial charge in [0.2, 0.25) is 0 Å². The molecule has 1 heterocycles. The molecular formula is C16H27BO2. The fraction of sp³-hybridized carbons (Fsp3) is 1.00. The average molecular weight is 262 g/mol. The molecule has 1 aliphatic heterocycles. The zero-order chi connectivity index (χ0) is 13.6. The van der Waals surface area contributed by atoms with E-state index >= 15 is 0 Å². The molecule has 3 heteroatoms. The van der Waals surface area contributed by atoms with E-state index in [1.54, 1.807) is 0 Å². The van der Waals surface area contributed by atoms with Crippen LogP contribution >= 0.6 is 0 Å². The summed E-state index contributed by atoms with van der Waals surface area (Å²) in [6.07, 6.45) is 4.42. The van der Waals surface area contributed by atoms with Gasteiger partial charge < -0.3 is 9.31 Å². The maximum atomic E-state index is 6.55. The van der Waals surface area contributed by atoms with Gasteiger partial charge in [-0.3, -0.25) is 0 Å². The minimum absolute atomic E-state index is 0.0352. The Morgan fingerprint density at radius 2 is 1.95 bits per heavy atom. The van der Waals surface area contributed by atoms with E-state index in [-0.39, 0.29) is 12.7 Å². The summed E-state index contributed by atoms with van der Waals surface area (Å²) in [4.78, 5) is 0. The van der Waals surface area contributed by atoms with Gasteiger partial charge in [-0.1, -0.05) is 27.7 Å². The number of hydrogen-bond acceptors (Lipinski definition) is 2. The summed E-state index contributed by atoms with van der Waals surface area (Å²) in [7, 11) is 0.0352. The minimum Gasteiger partial charge on any atom is -0.408 e. The molecule has 7 atom stereocenters. The van der Waals surface area contributed by atoms with Crippen LogP contribution in [0.25, 0.3) is 0 Å². The lowest BCUT2D eigenvalue weighted by Crippen LogP contribution is -2.86. The molecule has 2 nitrogen and oxygen atoms in total. The quantitative estimate of drug-likeness (QED) is 0.721. The Labute approximate surface area is 117 Å². The molecule has 0 spiro atoms. The normalized spacial score (nSPS) is 55.6. The summed E-state index contributed by atoms with van der Waals surface area (Å²) in [6.45, 7) is 11.7. The van der Waals surface area contributed by atoms with Gasteiger partial charge in [-0.15, -0.1) is 0 Å². The molecular weight excluding hydrogens is 235 g/mol. The fourth-order valence-electron chi connectivity index (χ4n) is 6.15. The molecule has 4 unspecified atom stereocenters. The first-order valence-corrected chi connectivity index (χ1v) is 8.21. The second kappa shape index (κ2) is 3.60. The summed E-state index contributed by atoms with van der Waals surface area (Å²) in [5, 5.41) is 0. The highest BCUT2D eigenvalue weighted by molar-refractivity contribution is 6.46. The summed E-state index contributed by atoms with van der Waals surface area (Å²) in [6, 6.07) is 0. The second-order valence-corrected chi connectivity index (χ2v) is 8.46. The molecule has 106 valence electrons. The first-order valence-electron chi connectivity index (χ1n) is 8.21. The Hall–Kier alpha value is -0.0151. The third-order valence-electron chi connectivity index (χ3n) is 7.19. The van der Waals surface area contributed by atoms with Gasteiger partial charge in [0, 0.05) is 17.4 Å². The lowest BCUT2D eigenvalue weighted by molar-refractivity contribution is -0.394. The smallest absolute Gasteiger partial charge is 0.408 e. The fourth-order valence-corrected chi connectivity index (χ4v) is 6.15. The topological polar surface area (TPSA) is 18.5 Å². The van der Waals surface area contributed by atoms with Crippen molar-refractivity contribution in [3.63, 3.8) is 0 Å². The van der Waals surface area contributed by atoms with Crippen LogP contribution in [0, 0.1) is 29.1 Å². The van der Waals surface area contributed by atoms with Crippen molar-refractivity contribution in [2.75, 3.05) is 0 Å². The number of rotatable bonds is 3. The monoisotopic (exact) mass is 262 g/mol. The Morgan fingerprint density at radius 1 is 1.21 bits per heavy atom. The second-order valence-electron chi connectivity index (χ2n) is 8.46. The zero-order valence-corrected chi connectivity index (χ0v) is 13.0. The number of hydrogen-bond donors (Lipinski definition) is 0. The highest BCUT2D eigenvalue weighted by atomic mass is 16.6. The van der Waals surface area contributed by atoms with Crippen molar-refractivity contribution < 1.29 is 9.31 Å². The molecule has 6 bridgehead atoms. The SMILES string of the molecule is CC(C)C[C@@H](C)B1O[C@@H]2CC3CC4C2[C@@](C)(O1)C34C. The van der Waals surface area contributed by atoms with Gasteiger partial charge in [0.25, 0.3) is 0 Å². The van der Waals surface area contributed by atoms with Gasteiger partial charge in [0.1, 0.15) is 0 Å². The predicted octanol–water partition coefficient (Wildman–Crippen LogP) is 3.76. The molecule has 0 aromatic carbocycles. The molecule has 6 rings (SSSR count). The molecule has 6 fully saturated rings. The van der Waals surface area contributed by atoms with E-state index in [0.29, 0.717) is 23.3 Å². The summed E-state index contributed by atoms with van der Waals surface area (Å²) < 4.78 is 12.9. The maximum absolute atomic E-state index is 6.55. The van der Waals surface area contributed by atoms with Crippen molar-refractivity contribution in [2.45, 2.75) is 71.4 Å². The maximum Gasteiger partial charge on any atom is 0.460 e. The van der Waals surface area contributed by atoms with Crippen molar-refractivity contribution in [1.82, 2.24) is 0 Å². The molecule has 0 amide bonds. The standard InChI is InChI=1S/C16H27BO2/c1-9(2)6-10(3)17-18-13-8-11-7-12-14(13)16(5,19-17)15(11,12)4/h9-14H,6-8H2,1-5H3/t10-,11?,12?,13-,14?,15?,16-/m1/s1. The molecule has 0 aromatic rings. The van der Waals surface area contributed by atoms with Gasteiger partial charge in [0.15, 0.2) is 0 Å². The van der Waals surface area contributed by atoms with Crippen LogP contribution in [0.5, 0.6) is 0 Å². The highest BCUT2D eigenvalue weighted by Crippen LogP contribution is 2.80. The average Bonchev–Trinajstić information content (AvgIpc) is 2.35. The molecule has 5 aliphatic carbocycles. The van der Waals surface area contributed by atoms with E-state index in [2.05, 4.69) is 34.6 Å². The summed E-state index contributed by atoms with van der Waals surface area (Å²) >= 11 is 0. The van der Waals surface area contributed by atoms with Crippen molar-refractivity contribution in [3.05, 3.63) is 0 Å². The molecule has 0 N–H and O–H groups in total. The molecule has 0 aromatic heterocycles. The Kier molecular flexibility index (Phi) is 2.40. The van der Waals surface area contributed by atoms with Crippen LogP contribution in [0.2, 0.25) is 5.82 Å². The van der Waals surface area contributed by atoms with Crippen LogP contribution in [0.4, 0.5) is 0 Å². The molecule has 5 saturated carbocycles. The van der Waals surface area contributed by atoms with Gasteiger partial charge in [-0.2, -0.15) is 0 Å². The van der Waals surface area contributed by atoms with Crippen LogP contribution in [-0.4, -0.2) is 18.8 Å². The van der Waals surface area contributed by atoms with Crippen molar-refractivity contribution in [1.29, 1.82) is 0 Å². The zero-order valence-electron chi connectivity index (χ0n) is 13.0. The van der Waals surface area contributed by atoms with E-state index in [9.17, 15) is 0 Å². The minimum atomic E-state index is 0.0352. The third kappa shape index (κ3) is 1.28. The van der Waals surface area contributed by atoms with Crippen molar-refractivity contribution in [2.24, 2.45) is 29.1 Å². The Morgan fingerprint density at radius 3 is 2.58 bits per heavy atom. The van der Waals surface area contributed by atoms with E-state index < -0.39 is 0 Å². The van der Waals surface area contributed by atoms with E-state index in [1.165, 1.54) is 19.3 Å². The summed E-state index contributed by atoms with van der Waals surface area (Å²) in [5.41, 5.74) is 0.575. The van der Waals surface area contributed by atoms with E-state index in [0.717, 1.165) is 17.8 Å². The molecule has 0 radical (unpaired) electrons. The molecule has 19 heavy (non-hydrogen) atoms. The third-order valence-corrected chi connectivity index (χ3v) is 7.19. The van der Waals surface area contributed by atoms with Crippen molar-refractivity contribution in [3.8, 4) is 0 Å². The van der Waals surface area contributed by atoms with Gasteiger partial charge in [0.05, 0.1) is 5.60 Å². The summed E-state index contributed by atoms with van der Waals surface area (Å²) in [5.74, 6) is 3.67. The lowest BCUT2D eigenvalue weighted by atomic mass is 9.26. The lowest BCUT2D eigenvalue weighted by Gasteiger charge is -2.83. The van der Waals surface area contributed by atoms with Gasteiger partial charge >= 0.3 is 7.12 Å².